The molecular weight excluding hydrogens is 260 g/mol. The first-order valence-corrected chi connectivity index (χ1v) is 5.99. The summed E-state index contributed by atoms with van der Waals surface area (Å²) in [7, 11) is 0. The summed E-state index contributed by atoms with van der Waals surface area (Å²) in [6.45, 7) is 4.44. The van der Waals surface area contributed by atoms with Crippen molar-refractivity contribution in [2.24, 2.45) is 0 Å². The second kappa shape index (κ2) is 5.91. The van der Waals surface area contributed by atoms with Gasteiger partial charge in [-0.3, -0.25) is 4.79 Å². The lowest BCUT2D eigenvalue weighted by Crippen LogP contribution is -2.02. The van der Waals surface area contributed by atoms with Crippen molar-refractivity contribution in [1.29, 1.82) is 0 Å². The van der Waals surface area contributed by atoms with E-state index in [-0.39, 0.29) is 6.47 Å². The quantitative estimate of drug-likeness (QED) is 0.700. The Morgan fingerprint density at radius 3 is 2.90 bits per heavy atom. The third-order valence-electron chi connectivity index (χ3n) is 2.58. The molecule has 8 heteroatoms. The molecule has 0 aromatic carbocycles. The fraction of sp³-hybridized carbons (Fsp3) is 0.250. The molecular formula is C12H14N6O2. The number of rotatable bonds is 2. The molecule has 0 saturated heterocycles. The Labute approximate surface area is 114 Å². The minimum Gasteiger partial charge on any atom is -0.483 e. The molecule has 8 nitrogen and oxygen atoms in total. The van der Waals surface area contributed by atoms with Gasteiger partial charge in [-0.25, -0.2) is 19.2 Å². The predicted molar refractivity (Wildman–Crippen MR) is 71.1 cm³/mol. The van der Waals surface area contributed by atoms with Crippen LogP contribution in [-0.2, 0) is 11.3 Å². The minimum atomic E-state index is -0.250. The standard InChI is InChI=1S/C11H12N6.CH2O2/c1-3-16-11(14-8(2)15-16)9-7-12-10-5-4-6-13-17(9)10;2-1-3/h4-7H,3H2,1-2H3;1H,(H,2,3). The highest BCUT2D eigenvalue weighted by atomic mass is 16.3. The highest BCUT2D eigenvalue weighted by molar-refractivity contribution is 5.55. The SMILES string of the molecule is CCn1nc(C)nc1-c1cnc2cccnn12.O=CO. The second-order valence-corrected chi connectivity index (χ2v) is 3.84. The third kappa shape index (κ3) is 2.48. The van der Waals surface area contributed by atoms with Crippen molar-refractivity contribution < 1.29 is 9.90 Å². The number of carboxylic acid groups (broad SMARTS) is 1. The average Bonchev–Trinajstić information content (AvgIpc) is 3.02. The van der Waals surface area contributed by atoms with E-state index in [0.29, 0.717) is 0 Å². The summed E-state index contributed by atoms with van der Waals surface area (Å²) in [5, 5.41) is 15.5. The van der Waals surface area contributed by atoms with Crippen LogP contribution in [-0.4, -0.2) is 40.9 Å². The molecule has 0 amide bonds. The van der Waals surface area contributed by atoms with Crippen LogP contribution in [0.1, 0.15) is 12.7 Å². The summed E-state index contributed by atoms with van der Waals surface area (Å²) in [5.74, 6) is 1.56. The van der Waals surface area contributed by atoms with E-state index in [1.807, 2.05) is 30.7 Å². The fourth-order valence-electron chi connectivity index (χ4n) is 1.85. The lowest BCUT2D eigenvalue weighted by atomic mass is 10.4. The van der Waals surface area contributed by atoms with E-state index in [9.17, 15) is 0 Å². The molecule has 1 N–H and O–H groups in total. The molecule has 0 atom stereocenters. The molecule has 0 bridgehead atoms. The number of fused-ring (bicyclic) bond motifs is 1. The molecule has 0 unspecified atom stereocenters. The summed E-state index contributed by atoms with van der Waals surface area (Å²) >= 11 is 0. The van der Waals surface area contributed by atoms with Gasteiger partial charge in [0.25, 0.3) is 6.47 Å². The zero-order chi connectivity index (χ0) is 14.5. The van der Waals surface area contributed by atoms with Gasteiger partial charge in [-0.2, -0.15) is 10.2 Å². The normalized spacial score (nSPS) is 10.1. The van der Waals surface area contributed by atoms with Gasteiger partial charge in [-0.1, -0.05) is 0 Å². The number of hydrogen-bond acceptors (Lipinski definition) is 5. The molecule has 0 radical (unpaired) electrons. The molecule has 0 spiro atoms. The van der Waals surface area contributed by atoms with Crippen LogP contribution in [0.4, 0.5) is 0 Å². The van der Waals surface area contributed by atoms with Crippen LogP contribution in [0.25, 0.3) is 17.2 Å². The molecule has 0 saturated carbocycles. The highest BCUT2D eigenvalue weighted by Gasteiger charge is 2.13. The monoisotopic (exact) mass is 274 g/mol. The Hall–Kier alpha value is -2.77. The van der Waals surface area contributed by atoms with Crippen LogP contribution in [0.15, 0.2) is 24.5 Å². The molecule has 104 valence electrons. The van der Waals surface area contributed by atoms with Crippen molar-refractivity contribution in [3.63, 3.8) is 0 Å². The molecule has 3 aromatic heterocycles. The number of imidazole rings is 1. The highest BCUT2D eigenvalue weighted by Crippen LogP contribution is 2.17. The summed E-state index contributed by atoms with van der Waals surface area (Å²) in [5.41, 5.74) is 1.67. The maximum Gasteiger partial charge on any atom is 0.290 e. The number of nitrogens with zero attached hydrogens (tertiary/aromatic N) is 6. The summed E-state index contributed by atoms with van der Waals surface area (Å²) in [6, 6.07) is 3.78. The van der Waals surface area contributed by atoms with Gasteiger partial charge in [-0.15, -0.1) is 0 Å². The van der Waals surface area contributed by atoms with E-state index in [0.717, 1.165) is 29.5 Å². The van der Waals surface area contributed by atoms with Crippen LogP contribution in [0, 0.1) is 6.92 Å². The van der Waals surface area contributed by atoms with Gasteiger partial charge < -0.3 is 5.11 Å². The average molecular weight is 274 g/mol. The zero-order valence-corrected chi connectivity index (χ0v) is 11.1. The first-order valence-electron chi connectivity index (χ1n) is 5.99. The maximum atomic E-state index is 8.36. The Kier molecular flexibility index (Phi) is 4.04. The van der Waals surface area contributed by atoms with E-state index >= 15 is 0 Å². The van der Waals surface area contributed by atoms with Crippen LogP contribution in [0.5, 0.6) is 0 Å². The number of aryl methyl sites for hydroxylation is 2. The van der Waals surface area contributed by atoms with Gasteiger partial charge in [0.2, 0.25) is 0 Å². The van der Waals surface area contributed by atoms with Crippen LogP contribution in [0.3, 0.4) is 0 Å². The lowest BCUT2D eigenvalue weighted by molar-refractivity contribution is -0.122. The van der Waals surface area contributed by atoms with Crippen molar-refractivity contribution in [3.8, 4) is 11.5 Å². The topological polar surface area (TPSA) is 98.2 Å². The van der Waals surface area contributed by atoms with E-state index in [4.69, 9.17) is 9.90 Å². The molecule has 0 aliphatic heterocycles. The molecule has 3 aromatic rings. The van der Waals surface area contributed by atoms with E-state index in [2.05, 4.69) is 20.2 Å². The predicted octanol–water partition coefficient (Wildman–Crippen LogP) is 1.02. The molecule has 3 heterocycles. The fourth-order valence-corrected chi connectivity index (χ4v) is 1.85. The van der Waals surface area contributed by atoms with E-state index < -0.39 is 0 Å². The van der Waals surface area contributed by atoms with Crippen LogP contribution >= 0.6 is 0 Å². The molecule has 0 aliphatic rings. The van der Waals surface area contributed by atoms with Gasteiger partial charge in [0.05, 0.1) is 6.20 Å². The van der Waals surface area contributed by atoms with Crippen molar-refractivity contribution in [2.75, 3.05) is 0 Å². The third-order valence-corrected chi connectivity index (χ3v) is 2.58. The Morgan fingerprint density at radius 2 is 2.20 bits per heavy atom. The Morgan fingerprint density at radius 1 is 1.45 bits per heavy atom. The number of carbonyl (C=O) groups is 1. The Balaban J connectivity index is 0.000000452. The van der Waals surface area contributed by atoms with E-state index in [1.165, 1.54) is 0 Å². The first kappa shape index (κ1) is 13.7. The van der Waals surface area contributed by atoms with E-state index in [1.54, 1.807) is 16.9 Å². The minimum absolute atomic E-state index is 0.250. The molecule has 20 heavy (non-hydrogen) atoms. The number of hydrogen-bond donors (Lipinski definition) is 1. The number of aromatic nitrogens is 6. The summed E-state index contributed by atoms with van der Waals surface area (Å²) < 4.78 is 3.63. The molecule has 0 aliphatic carbocycles. The molecule has 3 rings (SSSR count). The van der Waals surface area contributed by atoms with Gasteiger partial charge in [0, 0.05) is 12.7 Å². The van der Waals surface area contributed by atoms with Gasteiger partial charge in [0.1, 0.15) is 11.5 Å². The smallest absolute Gasteiger partial charge is 0.290 e. The largest absolute Gasteiger partial charge is 0.483 e. The van der Waals surface area contributed by atoms with Gasteiger partial charge in [-0.05, 0) is 26.0 Å². The van der Waals surface area contributed by atoms with Crippen LogP contribution < -0.4 is 0 Å². The van der Waals surface area contributed by atoms with Gasteiger partial charge >= 0.3 is 0 Å². The zero-order valence-electron chi connectivity index (χ0n) is 11.1. The van der Waals surface area contributed by atoms with Crippen molar-refractivity contribution in [1.82, 2.24) is 29.4 Å². The van der Waals surface area contributed by atoms with Crippen molar-refractivity contribution >= 4 is 12.1 Å². The first-order chi connectivity index (χ1) is 9.71. The second-order valence-electron chi connectivity index (χ2n) is 3.84. The van der Waals surface area contributed by atoms with Crippen molar-refractivity contribution in [3.05, 3.63) is 30.4 Å². The molecule has 0 fully saturated rings. The van der Waals surface area contributed by atoms with Gasteiger partial charge in [0.15, 0.2) is 11.5 Å². The van der Waals surface area contributed by atoms with Crippen molar-refractivity contribution in [2.45, 2.75) is 20.4 Å². The van der Waals surface area contributed by atoms with Crippen LogP contribution in [0.2, 0.25) is 0 Å². The lowest BCUT2D eigenvalue weighted by Gasteiger charge is -2.01. The summed E-state index contributed by atoms with van der Waals surface area (Å²) in [6.07, 6.45) is 3.51. The maximum absolute atomic E-state index is 8.36. The summed E-state index contributed by atoms with van der Waals surface area (Å²) in [4.78, 5) is 17.1. The Bertz CT molecular complexity index is 718.